The quantitative estimate of drug-likeness (QED) is 0.942. The third-order valence-electron chi connectivity index (χ3n) is 2.75. The van der Waals surface area contributed by atoms with Gasteiger partial charge in [0.2, 0.25) is 0 Å². The fraction of sp³-hybridized carbons (Fsp3) is 0.538. The van der Waals surface area contributed by atoms with Crippen molar-refractivity contribution < 1.29 is 5.11 Å². The number of aromatic nitrogens is 2. The van der Waals surface area contributed by atoms with Gasteiger partial charge in [0.05, 0.1) is 34.9 Å². The third kappa shape index (κ3) is 3.32. The second-order valence-electron chi connectivity index (χ2n) is 5.51. The number of rotatable bonds is 4. The van der Waals surface area contributed by atoms with Crippen LogP contribution < -0.4 is 4.90 Å². The summed E-state index contributed by atoms with van der Waals surface area (Å²) in [6.45, 7) is 7.14. The number of hydrogen-bond acceptors (Lipinski definition) is 6. The van der Waals surface area contributed by atoms with Gasteiger partial charge in [0.25, 0.3) is 0 Å². The van der Waals surface area contributed by atoms with Gasteiger partial charge in [0.15, 0.2) is 5.13 Å². The van der Waals surface area contributed by atoms with Gasteiger partial charge in [0, 0.05) is 17.8 Å². The highest BCUT2D eigenvalue weighted by Gasteiger charge is 2.24. The summed E-state index contributed by atoms with van der Waals surface area (Å²) in [4.78, 5) is 12.0. The first-order valence-electron chi connectivity index (χ1n) is 6.11. The molecule has 6 heteroatoms. The normalized spacial score (nSPS) is 11.8. The molecule has 0 saturated heterocycles. The van der Waals surface area contributed by atoms with E-state index in [2.05, 4.69) is 30.7 Å². The van der Waals surface area contributed by atoms with Crippen LogP contribution in [0.2, 0.25) is 0 Å². The highest BCUT2D eigenvalue weighted by molar-refractivity contribution is 7.15. The van der Waals surface area contributed by atoms with E-state index < -0.39 is 0 Å². The van der Waals surface area contributed by atoms with Crippen LogP contribution in [0.4, 0.5) is 5.13 Å². The average Bonchev–Trinajstić information content (AvgIpc) is 2.95. The molecule has 4 nitrogen and oxygen atoms in total. The molecule has 0 aliphatic rings. The monoisotopic (exact) mass is 297 g/mol. The number of nitrogens with zero attached hydrogens (tertiary/aromatic N) is 3. The zero-order valence-corrected chi connectivity index (χ0v) is 13.3. The minimum atomic E-state index is -0.0473. The lowest BCUT2D eigenvalue weighted by molar-refractivity contribution is 0.282. The Morgan fingerprint density at radius 2 is 2.11 bits per heavy atom. The maximum absolute atomic E-state index is 9.47. The fourth-order valence-corrected chi connectivity index (χ4v) is 3.46. The molecule has 0 bridgehead atoms. The van der Waals surface area contributed by atoms with Crippen molar-refractivity contribution in [2.75, 3.05) is 11.9 Å². The van der Waals surface area contributed by atoms with Crippen molar-refractivity contribution in [2.24, 2.45) is 0 Å². The molecule has 0 amide bonds. The van der Waals surface area contributed by atoms with E-state index >= 15 is 0 Å². The highest BCUT2D eigenvalue weighted by Crippen LogP contribution is 2.33. The Morgan fingerprint density at radius 1 is 1.37 bits per heavy atom. The Kier molecular flexibility index (Phi) is 4.23. The SMILES string of the molecule is CN(Cc1cscn1)c1nc(C(C)(C)C)c(CO)s1. The van der Waals surface area contributed by atoms with Gasteiger partial charge < -0.3 is 10.0 Å². The van der Waals surface area contributed by atoms with Gasteiger partial charge in [-0.25, -0.2) is 9.97 Å². The van der Waals surface area contributed by atoms with Crippen LogP contribution in [0.25, 0.3) is 0 Å². The molecule has 0 unspecified atom stereocenters. The van der Waals surface area contributed by atoms with Crippen LogP contribution in [0.5, 0.6) is 0 Å². The average molecular weight is 297 g/mol. The predicted molar refractivity (Wildman–Crippen MR) is 81.0 cm³/mol. The maximum atomic E-state index is 9.47. The summed E-state index contributed by atoms with van der Waals surface area (Å²) >= 11 is 3.16. The van der Waals surface area contributed by atoms with Crippen molar-refractivity contribution in [3.63, 3.8) is 0 Å². The van der Waals surface area contributed by atoms with Crippen molar-refractivity contribution in [1.29, 1.82) is 0 Å². The van der Waals surface area contributed by atoms with Crippen molar-refractivity contribution >= 4 is 27.8 Å². The lowest BCUT2D eigenvalue weighted by atomic mass is 9.91. The van der Waals surface area contributed by atoms with Crippen LogP contribution in [0, 0.1) is 0 Å². The van der Waals surface area contributed by atoms with Crippen LogP contribution in [0.15, 0.2) is 10.9 Å². The Balaban J connectivity index is 2.23. The van der Waals surface area contributed by atoms with Crippen LogP contribution in [0.1, 0.15) is 37.0 Å². The van der Waals surface area contributed by atoms with Crippen molar-refractivity contribution in [3.05, 3.63) is 27.2 Å². The zero-order valence-electron chi connectivity index (χ0n) is 11.7. The van der Waals surface area contributed by atoms with Crippen LogP contribution in [-0.2, 0) is 18.6 Å². The Morgan fingerprint density at radius 3 is 2.58 bits per heavy atom. The molecular weight excluding hydrogens is 278 g/mol. The standard InChI is InChI=1S/C13H19N3OS2/c1-13(2,3)11-10(6-17)19-12(15-11)16(4)5-9-7-18-8-14-9/h7-8,17H,5-6H2,1-4H3. The Labute approximate surface area is 121 Å². The summed E-state index contributed by atoms with van der Waals surface area (Å²) in [5, 5.41) is 12.5. The zero-order chi connectivity index (χ0) is 14.0. The summed E-state index contributed by atoms with van der Waals surface area (Å²) in [5.41, 5.74) is 3.82. The molecule has 0 fully saturated rings. The van der Waals surface area contributed by atoms with Gasteiger partial charge in [-0.15, -0.1) is 11.3 Å². The van der Waals surface area contributed by atoms with Gasteiger partial charge in [-0.3, -0.25) is 0 Å². The van der Waals surface area contributed by atoms with E-state index in [4.69, 9.17) is 4.98 Å². The second-order valence-corrected chi connectivity index (χ2v) is 7.29. The number of anilines is 1. The molecule has 0 spiro atoms. The number of aliphatic hydroxyl groups excluding tert-OH is 1. The van der Waals surface area contributed by atoms with E-state index in [0.717, 1.165) is 27.9 Å². The van der Waals surface area contributed by atoms with Gasteiger partial charge in [-0.05, 0) is 0 Å². The molecule has 2 aromatic heterocycles. The van der Waals surface area contributed by atoms with Crippen molar-refractivity contribution in [3.8, 4) is 0 Å². The lowest BCUT2D eigenvalue weighted by Gasteiger charge is -2.17. The minimum Gasteiger partial charge on any atom is -0.391 e. The van der Waals surface area contributed by atoms with E-state index in [-0.39, 0.29) is 12.0 Å². The van der Waals surface area contributed by atoms with Crippen molar-refractivity contribution in [2.45, 2.75) is 39.3 Å². The minimum absolute atomic E-state index is 0.0473. The van der Waals surface area contributed by atoms with Crippen LogP contribution in [-0.4, -0.2) is 22.1 Å². The van der Waals surface area contributed by atoms with Gasteiger partial charge in [-0.1, -0.05) is 32.1 Å². The molecule has 0 aliphatic carbocycles. The van der Waals surface area contributed by atoms with E-state index in [1.54, 1.807) is 22.7 Å². The Hall–Kier alpha value is -0.980. The van der Waals surface area contributed by atoms with E-state index in [9.17, 15) is 5.11 Å². The maximum Gasteiger partial charge on any atom is 0.185 e. The summed E-state index contributed by atoms with van der Waals surface area (Å²) in [5.74, 6) is 0. The first-order chi connectivity index (χ1) is 8.91. The van der Waals surface area contributed by atoms with E-state index in [1.807, 2.05) is 17.9 Å². The van der Waals surface area contributed by atoms with Crippen LogP contribution >= 0.6 is 22.7 Å². The first kappa shape index (κ1) is 14.4. The van der Waals surface area contributed by atoms with Crippen LogP contribution in [0.3, 0.4) is 0 Å². The number of thiazole rings is 2. The molecule has 0 aromatic carbocycles. The van der Waals surface area contributed by atoms with Gasteiger partial charge >= 0.3 is 0 Å². The topological polar surface area (TPSA) is 49.2 Å². The lowest BCUT2D eigenvalue weighted by Crippen LogP contribution is -2.18. The summed E-state index contributed by atoms with van der Waals surface area (Å²) in [6, 6.07) is 0. The molecule has 104 valence electrons. The molecule has 0 radical (unpaired) electrons. The second kappa shape index (κ2) is 5.56. The first-order valence-corrected chi connectivity index (χ1v) is 7.87. The predicted octanol–water partition coefficient (Wildman–Crippen LogP) is 3.03. The Bertz CT molecular complexity index is 529. The smallest absolute Gasteiger partial charge is 0.185 e. The molecule has 1 N–H and O–H groups in total. The summed E-state index contributed by atoms with van der Waals surface area (Å²) in [7, 11) is 2.01. The van der Waals surface area contributed by atoms with Gasteiger partial charge in [0.1, 0.15) is 0 Å². The van der Waals surface area contributed by atoms with E-state index in [0.29, 0.717) is 0 Å². The van der Waals surface area contributed by atoms with E-state index in [1.165, 1.54) is 0 Å². The largest absolute Gasteiger partial charge is 0.391 e. The molecule has 2 aromatic rings. The van der Waals surface area contributed by atoms with Crippen molar-refractivity contribution in [1.82, 2.24) is 9.97 Å². The molecule has 0 atom stereocenters. The van der Waals surface area contributed by atoms with Gasteiger partial charge in [-0.2, -0.15) is 0 Å². The molecular formula is C13H19N3OS2. The third-order valence-corrected chi connectivity index (χ3v) is 4.54. The highest BCUT2D eigenvalue weighted by atomic mass is 32.1. The summed E-state index contributed by atoms with van der Waals surface area (Å²) in [6.07, 6.45) is 0. The molecule has 19 heavy (non-hydrogen) atoms. The number of aliphatic hydroxyl groups is 1. The fourth-order valence-electron chi connectivity index (χ4n) is 1.82. The number of hydrogen-bond donors (Lipinski definition) is 1. The molecule has 0 saturated carbocycles. The molecule has 2 heterocycles. The molecule has 2 rings (SSSR count). The molecule has 0 aliphatic heterocycles. The summed E-state index contributed by atoms with van der Waals surface area (Å²) < 4.78 is 0.